The molecule has 0 spiro atoms. The van der Waals surface area contributed by atoms with Crippen molar-refractivity contribution in [3.05, 3.63) is 34.9 Å². The zero-order chi connectivity index (χ0) is 12.6. The molecule has 17 heavy (non-hydrogen) atoms. The van der Waals surface area contributed by atoms with Crippen LogP contribution in [-0.4, -0.2) is 11.8 Å². The number of rotatable bonds is 1. The van der Waals surface area contributed by atoms with Gasteiger partial charge in [-0.05, 0) is 19.4 Å². The van der Waals surface area contributed by atoms with Crippen LogP contribution in [0.15, 0.2) is 18.2 Å². The zero-order valence-electron chi connectivity index (χ0n) is 10.4. The molecule has 1 fully saturated rings. The van der Waals surface area contributed by atoms with E-state index in [0.717, 1.165) is 5.56 Å². The number of imide groups is 1. The fraction of sp³-hybridized carbons (Fsp3) is 0.429. The quantitative estimate of drug-likeness (QED) is 0.752. The Morgan fingerprint density at radius 1 is 1.12 bits per heavy atom. The van der Waals surface area contributed by atoms with Gasteiger partial charge in [0.1, 0.15) is 0 Å². The van der Waals surface area contributed by atoms with Crippen molar-refractivity contribution in [3.63, 3.8) is 0 Å². The molecule has 1 aromatic rings. The van der Waals surface area contributed by atoms with Crippen LogP contribution in [0.3, 0.4) is 0 Å². The molecule has 0 bridgehead atoms. The predicted molar refractivity (Wildman–Crippen MR) is 65.6 cm³/mol. The van der Waals surface area contributed by atoms with Crippen molar-refractivity contribution in [2.75, 3.05) is 0 Å². The number of hydrogen-bond donors (Lipinski definition) is 1. The summed E-state index contributed by atoms with van der Waals surface area (Å²) < 4.78 is 0. The van der Waals surface area contributed by atoms with E-state index >= 15 is 0 Å². The van der Waals surface area contributed by atoms with E-state index in [2.05, 4.69) is 23.5 Å². The van der Waals surface area contributed by atoms with E-state index in [1.165, 1.54) is 11.1 Å². The molecule has 1 heterocycles. The van der Waals surface area contributed by atoms with E-state index in [4.69, 9.17) is 0 Å². The summed E-state index contributed by atoms with van der Waals surface area (Å²) in [5.74, 6) is -0.466. The summed E-state index contributed by atoms with van der Waals surface area (Å²) in [7, 11) is 0. The Bertz CT molecular complexity index is 459. The van der Waals surface area contributed by atoms with Gasteiger partial charge in [-0.25, -0.2) is 0 Å². The minimum Gasteiger partial charge on any atom is -0.296 e. The molecule has 2 amide bonds. The van der Waals surface area contributed by atoms with Crippen LogP contribution in [0.4, 0.5) is 0 Å². The lowest BCUT2D eigenvalue weighted by molar-refractivity contribution is -0.136. The summed E-state index contributed by atoms with van der Waals surface area (Å²) in [5, 5.41) is 2.38. The largest absolute Gasteiger partial charge is 0.296 e. The zero-order valence-corrected chi connectivity index (χ0v) is 10.4. The predicted octanol–water partition coefficient (Wildman–Crippen LogP) is 2.07. The van der Waals surface area contributed by atoms with Gasteiger partial charge in [0.05, 0.1) is 0 Å². The van der Waals surface area contributed by atoms with Crippen molar-refractivity contribution in [3.8, 4) is 0 Å². The van der Waals surface area contributed by atoms with E-state index in [1.54, 1.807) is 0 Å². The van der Waals surface area contributed by atoms with Gasteiger partial charge < -0.3 is 0 Å². The third kappa shape index (κ3) is 2.38. The Labute approximate surface area is 101 Å². The Hall–Kier alpha value is -1.64. The minimum atomic E-state index is -0.169. The van der Waals surface area contributed by atoms with Gasteiger partial charge in [-0.1, -0.05) is 36.2 Å². The van der Waals surface area contributed by atoms with Crippen molar-refractivity contribution in [1.82, 2.24) is 5.32 Å². The van der Waals surface area contributed by atoms with Gasteiger partial charge >= 0.3 is 0 Å². The summed E-state index contributed by atoms with van der Waals surface area (Å²) >= 11 is 0. The van der Waals surface area contributed by atoms with Crippen molar-refractivity contribution >= 4 is 11.8 Å². The molecular weight excluding hydrogens is 214 g/mol. The second kappa shape index (κ2) is 4.32. The van der Waals surface area contributed by atoms with Gasteiger partial charge in [-0.3, -0.25) is 14.9 Å². The van der Waals surface area contributed by atoms with Crippen LogP contribution in [0, 0.1) is 19.8 Å². The van der Waals surface area contributed by atoms with Gasteiger partial charge in [0, 0.05) is 18.3 Å². The summed E-state index contributed by atoms with van der Waals surface area (Å²) in [6.07, 6.45) is 0.399. The van der Waals surface area contributed by atoms with Crippen LogP contribution in [-0.2, 0) is 9.59 Å². The minimum absolute atomic E-state index is 0.00912. The van der Waals surface area contributed by atoms with Crippen molar-refractivity contribution in [2.24, 2.45) is 5.92 Å². The van der Waals surface area contributed by atoms with Crippen LogP contribution in [0.2, 0.25) is 0 Å². The van der Waals surface area contributed by atoms with E-state index in [9.17, 15) is 9.59 Å². The average Bonchev–Trinajstić information content (AvgIpc) is 2.22. The van der Waals surface area contributed by atoms with Gasteiger partial charge in [0.25, 0.3) is 0 Å². The van der Waals surface area contributed by atoms with Gasteiger partial charge in [0.2, 0.25) is 11.8 Å². The maximum Gasteiger partial charge on any atom is 0.230 e. The third-order valence-corrected chi connectivity index (χ3v) is 3.36. The standard InChI is InChI=1S/C14H17NO2/c1-8-4-9(2)6-11(5-8)12-7-13(16)15-14(17)10(12)3/h4-6,10,12H,7H2,1-3H3,(H,15,16,17). The van der Waals surface area contributed by atoms with Gasteiger partial charge in [-0.15, -0.1) is 0 Å². The maximum absolute atomic E-state index is 11.6. The van der Waals surface area contributed by atoms with Crippen LogP contribution in [0.1, 0.15) is 36.0 Å². The second-order valence-electron chi connectivity index (χ2n) is 4.93. The van der Waals surface area contributed by atoms with Crippen LogP contribution in [0.25, 0.3) is 0 Å². The van der Waals surface area contributed by atoms with Crippen molar-refractivity contribution in [1.29, 1.82) is 0 Å². The molecule has 1 N–H and O–H groups in total. The number of aryl methyl sites for hydroxylation is 2. The number of carbonyl (C=O) groups excluding carboxylic acids is 2. The summed E-state index contributed by atoms with van der Waals surface area (Å²) in [6, 6.07) is 6.24. The molecule has 0 aromatic heterocycles. The number of nitrogens with one attached hydrogen (secondary N) is 1. The SMILES string of the molecule is Cc1cc(C)cc(C2CC(=O)NC(=O)C2C)c1. The number of hydrogen-bond acceptors (Lipinski definition) is 2. The average molecular weight is 231 g/mol. The third-order valence-electron chi connectivity index (χ3n) is 3.36. The highest BCUT2D eigenvalue weighted by molar-refractivity contribution is 5.99. The molecule has 2 unspecified atom stereocenters. The molecule has 0 radical (unpaired) electrons. The van der Waals surface area contributed by atoms with E-state index in [-0.39, 0.29) is 23.7 Å². The fourth-order valence-electron chi connectivity index (χ4n) is 2.49. The monoisotopic (exact) mass is 231 g/mol. The Kier molecular flexibility index (Phi) is 3.01. The van der Waals surface area contributed by atoms with Crippen molar-refractivity contribution < 1.29 is 9.59 Å². The first-order valence-corrected chi connectivity index (χ1v) is 5.89. The second-order valence-corrected chi connectivity index (χ2v) is 4.93. The van der Waals surface area contributed by atoms with E-state index in [1.807, 2.05) is 20.8 Å². The number of benzene rings is 1. The Morgan fingerprint density at radius 2 is 1.71 bits per heavy atom. The Morgan fingerprint density at radius 3 is 2.29 bits per heavy atom. The normalized spacial score (nSPS) is 24.6. The highest BCUT2D eigenvalue weighted by Gasteiger charge is 2.33. The molecule has 1 saturated heterocycles. The highest BCUT2D eigenvalue weighted by Crippen LogP contribution is 2.32. The van der Waals surface area contributed by atoms with E-state index < -0.39 is 0 Å². The molecule has 2 rings (SSSR count). The lowest BCUT2D eigenvalue weighted by atomic mass is 9.80. The number of amides is 2. The molecule has 1 aliphatic heterocycles. The molecule has 2 atom stereocenters. The summed E-state index contributed by atoms with van der Waals surface area (Å²) in [5.41, 5.74) is 3.44. The molecule has 3 nitrogen and oxygen atoms in total. The number of piperidine rings is 1. The van der Waals surface area contributed by atoms with Gasteiger partial charge in [0.15, 0.2) is 0 Å². The molecular formula is C14H17NO2. The first kappa shape index (κ1) is 11.8. The Balaban J connectivity index is 2.37. The van der Waals surface area contributed by atoms with Crippen LogP contribution < -0.4 is 5.32 Å². The van der Waals surface area contributed by atoms with E-state index in [0.29, 0.717) is 6.42 Å². The highest BCUT2D eigenvalue weighted by atomic mass is 16.2. The summed E-state index contributed by atoms with van der Waals surface area (Å²) in [4.78, 5) is 23.1. The maximum atomic E-state index is 11.6. The van der Waals surface area contributed by atoms with Crippen LogP contribution >= 0.6 is 0 Å². The number of carbonyl (C=O) groups is 2. The van der Waals surface area contributed by atoms with Crippen molar-refractivity contribution in [2.45, 2.75) is 33.1 Å². The molecule has 1 aromatic carbocycles. The summed E-state index contributed by atoms with van der Waals surface area (Å²) in [6.45, 7) is 5.95. The first-order chi connectivity index (χ1) is 7.97. The lowest BCUT2D eigenvalue weighted by Gasteiger charge is -2.28. The molecule has 3 heteroatoms. The molecule has 1 aliphatic rings. The fourth-order valence-corrected chi connectivity index (χ4v) is 2.49. The van der Waals surface area contributed by atoms with Gasteiger partial charge in [-0.2, -0.15) is 0 Å². The molecule has 0 aliphatic carbocycles. The lowest BCUT2D eigenvalue weighted by Crippen LogP contribution is -2.43. The molecule has 0 saturated carbocycles. The van der Waals surface area contributed by atoms with Crippen LogP contribution in [0.5, 0.6) is 0 Å². The molecule has 90 valence electrons. The smallest absolute Gasteiger partial charge is 0.230 e. The first-order valence-electron chi connectivity index (χ1n) is 5.89. The topological polar surface area (TPSA) is 46.2 Å².